The Labute approximate surface area is 167 Å². The van der Waals surface area contributed by atoms with Crippen molar-refractivity contribution in [3.8, 4) is 5.75 Å². The maximum atomic E-state index is 13.3. The van der Waals surface area contributed by atoms with E-state index in [-0.39, 0.29) is 31.9 Å². The maximum absolute atomic E-state index is 13.3. The number of carbonyl (C=O) groups is 1. The van der Waals surface area contributed by atoms with Gasteiger partial charge in [-0.25, -0.2) is 8.42 Å². The fourth-order valence-electron chi connectivity index (χ4n) is 3.01. The third kappa shape index (κ3) is 3.31. The summed E-state index contributed by atoms with van der Waals surface area (Å²) in [7, 11) is -2.56. The van der Waals surface area contributed by atoms with E-state index in [4.69, 9.17) is 20.9 Å². The Bertz CT molecular complexity index is 1160. The Morgan fingerprint density at radius 1 is 1.18 bits per heavy atom. The Morgan fingerprint density at radius 3 is 2.68 bits per heavy atom. The molecule has 1 saturated carbocycles. The summed E-state index contributed by atoms with van der Waals surface area (Å²) in [6.45, 7) is 0. The Kier molecular flexibility index (Phi) is 4.72. The molecule has 1 heterocycles. The normalized spacial score (nSPS) is 14.1. The number of carbonyl (C=O) groups excluding carboxylic acids is 1. The quantitative estimate of drug-likeness (QED) is 0.556. The Balaban J connectivity index is 1.84. The van der Waals surface area contributed by atoms with Crippen molar-refractivity contribution in [2.45, 2.75) is 28.6 Å². The van der Waals surface area contributed by atoms with E-state index in [2.05, 4.69) is 5.16 Å². The molecule has 1 aliphatic rings. The summed E-state index contributed by atoms with van der Waals surface area (Å²) >= 11 is 6.06. The zero-order valence-electron chi connectivity index (χ0n) is 14.9. The fourth-order valence-corrected chi connectivity index (χ4v) is 4.76. The first-order valence-electron chi connectivity index (χ1n) is 8.60. The molecule has 1 aliphatic carbocycles. The Morgan fingerprint density at radius 2 is 1.96 bits per heavy atom. The van der Waals surface area contributed by atoms with E-state index in [0.29, 0.717) is 11.5 Å². The number of ketones is 1. The molecule has 4 rings (SSSR count). The first kappa shape index (κ1) is 18.7. The predicted octanol–water partition coefficient (Wildman–Crippen LogP) is 4.28. The third-order valence-corrected chi connectivity index (χ3v) is 6.65. The van der Waals surface area contributed by atoms with Gasteiger partial charge in [0, 0.05) is 16.5 Å². The zero-order chi connectivity index (χ0) is 19.9. The van der Waals surface area contributed by atoms with Crippen LogP contribution in [0.5, 0.6) is 5.75 Å². The lowest BCUT2D eigenvalue weighted by Gasteiger charge is -2.11. The number of halogens is 1. The predicted molar refractivity (Wildman–Crippen MR) is 102 cm³/mol. The minimum absolute atomic E-state index is 0.0101. The largest absolute Gasteiger partial charge is 0.497 e. The number of aromatic nitrogens is 1. The number of ether oxygens (including phenoxy) is 1. The second-order valence-corrected chi connectivity index (χ2v) is 8.88. The highest BCUT2D eigenvalue weighted by Crippen LogP contribution is 2.42. The zero-order valence-corrected chi connectivity index (χ0v) is 16.5. The highest BCUT2D eigenvalue weighted by atomic mass is 35.5. The van der Waals surface area contributed by atoms with Gasteiger partial charge in [-0.15, -0.1) is 0 Å². The van der Waals surface area contributed by atoms with Crippen molar-refractivity contribution < 1.29 is 22.5 Å². The second kappa shape index (κ2) is 7.07. The lowest BCUT2D eigenvalue weighted by atomic mass is 10.0. The van der Waals surface area contributed by atoms with Crippen LogP contribution in [0, 0.1) is 0 Å². The molecule has 0 radical (unpaired) electrons. The summed E-state index contributed by atoms with van der Waals surface area (Å²) in [5.74, 6) is 0.601. The van der Waals surface area contributed by atoms with Gasteiger partial charge < -0.3 is 9.26 Å². The van der Waals surface area contributed by atoms with E-state index in [1.807, 2.05) is 0 Å². The summed E-state index contributed by atoms with van der Waals surface area (Å²) in [5.41, 5.74) is 0.309. The molecule has 0 bridgehead atoms. The topological polar surface area (TPSA) is 86.5 Å². The van der Waals surface area contributed by atoms with Crippen LogP contribution in [0.4, 0.5) is 0 Å². The first-order chi connectivity index (χ1) is 13.4. The van der Waals surface area contributed by atoms with Gasteiger partial charge in [0.05, 0.1) is 28.7 Å². The molecular formula is C20H16ClNO5S. The summed E-state index contributed by atoms with van der Waals surface area (Å²) in [4.78, 5) is 13.0. The van der Waals surface area contributed by atoms with Crippen molar-refractivity contribution in [2.75, 3.05) is 7.11 Å². The number of nitrogens with zero attached hydrogens (tertiary/aromatic N) is 1. The molecule has 0 atom stereocenters. The minimum atomic E-state index is -4.01. The van der Waals surface area contributed by atoms with Crippen molar-refractivity contribution in [2.24, 2.45) is 0 Å². The van der Waals surface area contributed by atoms with Crippen molar-refractivity contribution >= 4 is 27.2 Å². The molecule has 0 unspecified atom stereocenters. The summed E-state index contributed by atoms with van der Waals surface area (Å²) < 4.78 is 36.9. The highest BCUT2D eigenvalue weighted by molar-refractivity contribution is 7.91. The van der Waals surface area contributed by atoms with E-state index in [1.54, 1.807) is 12.1 Å². The van der Waals surface area contributed by atoms with Gasteiger partial charge in [-0.2, -0.15) is 0 Å². The van der Waals surface area contributed by atoms with Crippen LogP contribution in [0.15, 0.2) is 63.0 Å². The number of hydrogen-bond acceptors (Lipinski definition) is 6. The summed E-state index contributed by atoms with van der Waals surface area (Å²) in [6.07, 6.45) is 3.18. The molecule has 1 aromatic heterocycles. The van der Waals surface area contributed by atoms with Crippen LogP contribution in [-0.4, -0.2) is 26.5 Å². The van der Waals surface area contributed by atoms with Crippen molar-refractivity contribution in [3.05, 3.63) is 70.6 Å². The summed E-state index contributed by atoms with van der Waals surface area (Å²) in [5, 5.41) is 3.95. The molecule has 8 heteroatoms. The van der Waals surface area contributed by atoms with Crippen LogP contribution < -0.4 is 4.74 Å². The van der Waals surface area contributed by atoms with Crippen LogP contribution in [0.3, 0.4) is 0 Å². The lowest BCUT2D eigenvalue weighted by Crippen LogP contribution is -2.12. The number of benzene rings is 2. The fraction of sp³-hybridized carbons (Fsp3) is 0.200. The van der Waals surface area contributed by atoms with Gasteiger partial charge in [-0.05, 0) is 49.2 Å². The molecule has 0 N–H and O–H groups in total. The van der Waals surface area contributed by atoms with Gasteiger partial charge in [-0.3, -0.25) is 4.79 Å². The summed E-state index contributed by atoms with van der Waals surface area (Å²) in [6, 6.07) is 10.3. The van der Waals surface area contributed by atoms with Crippen LogP contribution in [0.1, 0.15) is 40.4 Å². The number of methoxy groups -OCH3 is 1. The van der Waals surface area contributed by atoms with Gasteiger partial charge in [0.15, 0.2) is 11.5 Å². The van der Waals surface area contributed by atoms with Gasteiger partial charge in [0.2, 0.25) is 9.84 Å². The maximum Gasteiger partial charge on any atom is 0.207 e. The molecule has 1 fully saturated rings. The average molecular weight is 418 g/mol. The third-order valence-electron chi connectivity index (χ3n) is 4.62. The number of hydrogen-bond donors (Lipinski definition) is 0. The van der Waals surface area contributed by atoms with Crippen LogP contribution in [-0.2, 0) is 9.84 Å². The average Bonchev–Trinajstić information content (AvgIpc) is 3.43. The molecule has 0 aliphatic heterocycles. The number of rotatable bonds is 6. The van der Waals surface area contributed by atoms with Crippen molar-refractivity contribution in [3.63, 3.8) is 0 Å². The SMILES string of the molecule is COc1cccc(S(=O)(=O)c2cc(Cl)ccc2C(=O)c2cnoc2C2CC2)c1. The van der Waals surface area contributed by atoms with Crippen LogP contribution in [0.25, 0.3) is 0 Å². The van der Waals surface area contributed by atoms with Gasteiger partial charge in [0.25, 0.3) is 0 Å². The van der Waals surface area contributed by atoms with Gasteiger partial charge >= 0.3 is 0 Å². The standard InChI is InChI=1S/C20H16ClNO5S/c1-26-14-3-2-4-15(10-14)28(24,25)18-9-13(21)7-8-16(18)19(23)17-11-22-27-20(17)12-5-6-12/h2-4,7-12H,5-6H2,1H3. The minimum Gasteiger partial charge on any atom is -0.497 e. The van der Waals surface area contributed by atoms with Gasteiger partial charge in [-0.1, -0.05) is 22.8 Å². The lowest BCUT2D eigenvalue weighted by molar-refractivity contribution is 0.103. The van der Waals surface area contributed by atoms with E-state index < -0.39 is 15.6 Å². The second-order valence-electron chi connectivity index (χ2n) is 6.53. The molecule has 3 aromatic rings. The molecule has 6 nitrogen and oxygen atoms in total. The van der Waals surface area contributed by atoms with E-state index >= 15 is 0 Å². The molecule has 0 spiro atoms. The number of sulfone groups is 1. The van der Waals surface area contributed by atoms with E-state index in [0.717, 1.165) is 12.8 Å². The van der Waals surface area contributed by atoms with Crippen molar-refractivity contribution in [1.29, 1.82) is 0 Å². The molecule has 28 heavy (non-hydrogen) atoms. The molecular weight excluding hydrogens is 402 g/mol. The van der Waals surface area contributed by atoms with Crippen LogP contribution in [0.2, 0.25) is 5.02 Å². The molecule has 0 amide bonds. The monoisotopic (exact) mass is 417 g/mol. The highest BCUT2D eigenvalue weighted by Gasteiger charge is 2.34. The Hall–Kier alpha value is -2.64. The smallest absolute Gasteiger partial charge is 0.207 e. The van der Waals surface area contributed by atoms with E-state index in [1.165, 1.54) is 43.6 Å². The van der Waals surface area contributed by atoms with E-state index in [9.17, 15) is 13.2 Å². The van der Waals surface area contributed by atoms with Crippen molar-refractivity contribution in [1.82, 2.24) is 5.16 Å². The molecule has 144 valence electrons. The van der Waals surface area contributed by atoms with Gasteiger partial charge in [0.1, 0.15) is 5.75 Å². The first-order valence-corrected chi connectivity index (χ1v) is 10.5. The molecule has 0 saturated heterocycles. The van der Waals surface area contributed by atoms with Crippen LogP contribution >= 0.6 is 11.6 Å². The molecule has 2 aromatic carbocycles.